The fraction of sp³-hybridized carbons (Fsp3) is 0.375. The summed E-state index contributed by atoms with van der Waals surface area (Å²) in [5.41, 5.74) is 3.38. The predicted octanol–water partition coefficient (Wildman–Crippen LogP) is 5.24. The topological polar surface area (TPSA) is 78.9 Å². The van der Waals surface area contributed by atoms with E-state index in [0.717, 1.165) is 42.4 Å². The van der Waals surface area contributed by atoms with E-state index in [1.54, 1.807) is 12.0 Å². The molecule has 0 aromatic heterocycles. The average molecular weight is 533 g/mol. The van der Waals surface area contributed by atoms with Crippen LogP contribution in [0.3, 0.4) is 0 Å². The highest BCUT2D eigenvalue weighted by atomic mass is 19.1. The lowest BCUT2D eigenvalue weighted by Crippen LogP contribution is -2.39. The lowest BCUT2D eigenvalue weighted by Gasteiger charge is -2.32. The van der Waals surface area contributed by atoms with Crippen molar-refractivity contribution in [3.63, 3.8) is 0 Å². The second-order valence-corrected chi connectivity index (χ2v) is 10.1. The fourth-order valence-corrected chi connectivity index (χ4v) is 5.36. The minimum atomic E-state index is -0.430. The molecule has 39 heavy (non-hydrogen) atoms. The SMILES string of the molecule is COCCN(Cc1ccc(C2CCCCC2C(=O)NC(CO)c2ccccc2)cc1)C(=O)c1ccc(F)cc1. The Morgan fingerprint density at radius 1 is 1.00 bits per heavy atom. The van der Waals surface area contributed by atoms with Crippen LogP contribution in [0.25, 0.3) is 0 Å². The first-order valence-electron chi connectivity index (χ1n) is 13.6. The van der Waals surface area contributed by atoms with E-state index < -0.39 is 6.04 Å². The zero-order valence-electron chi connectivity index (χ0n) is 22.4. The van der Waals surface area contributed by atoms with E-state index in [0.29, 0.717) is 25.3 Å². The Bertz CT molecular complexity index is 1200. The quantitative estimate of drug-likeness (QED) is 0.354. The highest BCUT2D eigenvalue weighted by Gasteiger charge is 2.33. The third kappa shape index (κ3) is 7.52. The molecular weight excluding hydrogens is 495 g/mol. The number of aliphatic hydroxyl groups is 1. The van der Waals surface area contributed by atoms with E-state index in [9.17, 15) is 19.1 Å². The first-order valence-corrected chi connectivity index (χ1v) is 13.6. The summed E-state index contributed by atoms with van der Waals surface area (Å²) in [5, 5.41) is 13.0. The molecule has 6 nitrogen and oxygen atoms in total. The predicted molar refractivity (Wildman–Crippen MR) is 149 cm³/mol. The van der Waals surface area contributed by atoms with E-state index in [-0.39, 0.29) is 36.1 Å². The number of benzene rings is 3. The molecule has 1 saturated carbocycles. The molecule has 3 aromatic carbocycles. The van der Waals surface area contributed by atoms with Gasteiger partial charge < -0.3 is 20.1 Å². The van der Waals surface area contributed by atoms with Crippen LogP contribution in [0.2, 0.25) is 0 Å². The number of hydrogen-bond donors (Lipinski definition) is 2. The van der Waals surface area contributed by atoms with Crippen molar-refractivity contribution in [1.29, 1.82) is 0 Å². The molecule has 3 aromatic rings. The Kier molecular flexibility index (Phi) is 10.2. The van der Waals surface area contributed by atoms with Crippen LogP contribution < -0.4 is 5.32 Å². The molecule has 0 radical (unpaired) electrons. The number of amides is 2. The van der Waals surface area contributed by atoms with Crippen LogP contribution in [0.5, 0.6) is 0 Å². The number of ether oxygens (including phenoxy) is 1. The zero-order chi connectivity index (χ0) is 27.6. The maximum Gasteiger partial charge on any atom is 0.254 e. The highest BCUT2D eigenvalue weighted by molar-refractivity contribution is 5.94. The van der Waals surface area contributed by atoms with E-state index in [1.807, 2.05) is 42.5 Å². The molecular formula is C32H37FN2O4. The molecule has 0 heterocycles. The second kappa shape index (κ2) is 14.0. The first-order chi connectivity index (χ1) is 19.0. The largest absolute Gasteiger partial charge is 0.394 e. The summed E-state index contributed by atoms with van der Waals surface area (Å²) >= 11 is 0. The molecule has 3 atom stereocenters. The molecule has 0 aliphatic heterocycles. The van der Waals surface area contributed by atoms with Gasteiger partial charge in [-0.2, -0.15) is 0 Å². The van der Waals surface area contributed by atoms with Crippen LogP contribution >= 0.6 is 0 Å². The molecule has 206 valence electrons. The van der Waals surface area contributed by atoms with E-state index in [1.165, 1.54) is 24.3 Å². The van der Waals surface area contributed by atoms with Crippen molar-refractivity contribution in [3.8, 4) is 0 Å². The molecule has 2 amide bonds. The minimum Gasteiger partial charge on any atom is -0.394 e. The van der Waals surface area contributed by atoms with Crippen LogP contribution in [0, 0.1) is 11.7 Å². The standard InChI is InChI=1S/C32H37FN2O4/c1-39-20-19-35(32(38)26-15-17-27(33)18-16-26)21-23-11-13-24(14-12-23)28-9-5-6-10-29(28)31(37)34-30(22-36)25-7-3-2-4-8-25/h2-4,7-8,11-18,28-30,36H,5-6,9-10,19-22H2,1H3,(H,34,37). The van der Waals surface area contributed by atoms with Gasteiger partial charge in [0.05, 0.1) is 19.3 Å². The number of nitrogens with one attached hydrogen (secondary N) is 1. The molecule has 1 aliphatic carbocycles. The number of methoxy groups -OCH3 is 1. The highest BCUT2D eigenvalue weighted by Crippen LogP contribution is 2.38. The van der Waals surface area contributed by atoms with Gasteiger partial charge in [0.25, 0.3) is 5.91 Å². The number of aliphatic hydroxyl groups excluding tert-OH is 1. The van der Waals surface area contributed by atoms with Crippen molar-refractivity contribution in [2.75, 3.05) is 26.9 Å². The molecule has 1 fully saturated rings. The van der Waals surface area contributed by atoms with Gasteiger partial charge in [0.15, 0.2) is 0 Å². The Morgan fingerprint density at radius 3 is 2.36 bits per heavy atom. The zero-order valence-corrected chi connectivity index (χ0v) is 22.4. The molecule has 0 bridgehead atoms. The average Bonchev–Trinajstić information content (AvgIpc) is 2.98. The van der Waals surface area contributed by atoms with Gasteiger partial charge in [0.2, 0.25) is 5.91 Å². The van der Waals surface area contributed by atoms with Crippen LogP contribution in [0.15, 0.2) is 78.9 Å². The van der Waals surface area contributed by atoms with E-state index in [4.69, 9.17) is 4.74 Å². The van der Waals surface area contributed by atoms with Gasteiger partial charge in [-0.05, 0) is 59.7 Å². The number of hydrogen-bond acceptors (Lipinski definition) is 4. The van der Waals surface area contributed by atoms with Crippen LogP contribution in [-0.2, 0) is 16.1 Å². The molecule has 2 N–H and O–H groups in total. The maximum atomic E-state index is 13.4. The number of carbonyl (C=O) groups excluding carboxylic acids is 2. The summed E-state index contributed by atoms with van der Waals surface area (Å²) in [6.07, 6.45) is 3.80. The van der Waals surface area contributed by atoms with Gasteiger partial charge in [-0.1, -0.05) is 67.4 Å². The Labute approximate surface area is 229 Å². The Morgan fingerprint density at radius 2 is 1.69 bits per heavy atom. The lowest BCUT2D eigenvalue weighted by molar-refractivity contribution is -0.127. The van der Waals surface area contributed by atoms with Crippen LogP contribution in [0.1, 0.15) is 64.7 Å². The third-order valence-electron chi connectivity index (χ3n) is 7.53. The number of nitrogens with zero attached hydrogens (tertiary/aromatic N) is 1. The summed E-state index contributed by atoms with van der Waals surface area (Å²) in [4.78, 5) is 28.2. The lowest BCUT2D eigenvalue weighted by atomic mass is 9.74. The van der Waals surface area contributed by atoms with Gasteiger partial charge in [-0.25, -0.2) is 4.39 Å². The fourth-order valence-electron chi connectivity index (χ4n) is 5.36. The van der Waals surface area contributed by atoms with Crippen molar-refractivity contribution in [1.82, 2.24) is 10.2 Å². The van der Waals surface area contributed by atoms with Gasteiger partial charge in [-0.3, -0.25) is 9.59 Å². The number of carbonyl (C=O) groups is 2. The van der Waals surface area contributed by atoms with Crippen molar-refractivity contribution in [2.45, 2.75) is 44.2 Å². The molecule has 7 heteroatoms. The molecule has 0 saturated heterocycles. The van der Waals surface area contributed by atoms with Gasteiger partial charge >= 0.3 is 0 Å². The summed E-state index contributed by atoms with van der Waals surface area (Å²) < 4.78 is 18.6. The van der Waals surface area contributed by atoms with Crippen molar-refractivity contribution >= 4 is 11.8 Å². The van der Waals surface area contributed by atoms with Crippen LogP contribution in [-0.4, -0.2) is 48.7 Å². The monoisotopic (exact) mass is 532 g/mol. The smallest absolute Gasteiger partial charge is 0.254 e. The normalized spacial score (nSPS) is 17.8. The number of rotatable bonds is 11. The van der Waals surface area contributed by atoms with E-state index in [2.05, 4.69) is 17.4 Å². The summed E-state index contributed by atoms with van der Waals surface area (Å²) in [6, 6.07) is 22.8. The van der Waals surface area contributed by atoms with Crippen molar-refractivity contribution in [2.24, 2.45) is 5.92 Å². The molecule has 4 rings (SSSR count). The Hall–Kier alpha value is -3.55. The number of halogens is 1. The van der Waals surface area contributed by atoms with E-state index >= 15 is 0 Å². The van der Waals surface area contributed by atoms with Crippen molar-refractivity contribution in [3.05, 3.63) is 107 Å². The summed E-state index contributed by atoms with van der Waals surface area (Å²) in [6.45, 7) is 1.04. The minimum absolute atomic E-state index is 0.0256. The first kappa shape index (κ1) is 28.5. The third-order valence-corrected chi connectivity index (χ3v) is 7.53. The Balaban J connectivity index is 1.45. The molecule has 0 spiro atoms. The van der Waals surface area contributed by atoms with Gasteiger partial charge in [0, 0.05) is 31.7 Å². The second-order valence-electron chi connectivity index (χ2n) is 10.1. The maximum absolute atomic E-state index is 13.4. The summed E-state index contributed by atoms with van der Waals surface area (Å²) in [5.74, 6) is -0.666. The van der Waals surface area contributed by atoms with Gasteiger partial charge in [-0.15, -0.1) is 0 Å². The van der Waals surface area contributed by atoms with Crippen LogP contribution in [0.4, 0.5) is 4.39 Å². The molecule has 3 unspecified atom stereocenters. The summed E-state index contributed by atoms with van der Waals surface area (Å²) in [7, 11) is 1.59. The molecule has 1 aliphatic rings. The van der Waals surface area contributed by atoms with Gasteiger partial charge in [0.1, 0.15) is 5.82 Å². The van der Waals surface area contributed by atoms with Crippen molar-refractivity contribution < 1.29 is 23.8 Å².